The highest BCUT2D eigenvalue weighted by molar-refractivity contribution is 6.31. The van der Waals surface area contributed by atoms with Gasteiger partial charge in [-0.3, -0.25) is 0 Å². The predicted octanol–water partition coefficient (Wildman–Crippen LogP) is 2.70. The molecule has 2 N–H and O–H groups in total. The summed E-state index contributed by atoms with van der Waals surface area (Å²) in [5.41, 5.74) is 0.839. The van der Waals surface area contributed by atoms with Gasteiger partial charge in [-0.2, -0.15) is 0 Å². The van der Waals surface area contributed by atoms with Gasteiger partial charge in [0.2, 0.25) is 0 Å². The molecule has 1 aliphatic rings. The lowest BCUT2D eigenvalue weighted by Crippen LogP contribution is -2.46. The van der Waals surface area contributed by atoms with Gasteiger partial charge in [0.15, 0.2) is 0 Å². The molecule has 0 bridgehead atoms. The molecule has 0 unspecified atom stereocenters. The minimum Gasteiger partial charge on any atom is -0.508 e. The van der Waals surface area contributed by atoms with Crippen LogP contribution in [-0.4, -0.2) is 23.9 Å². The quantitative estimate of drug-likeness (QED) is 0.873. The number of nitrogens with one attached hydrogen (secondary N) is 1. The predicted molar refractivity (Wildman–Crippen MR) is 68.4 cm³/mol. The number of benzene rings is 1. The van der Waals surface area contributed by atoms with Crippen molar-refractivity contribution < 1.29 is 9.84 Å². The van der Waals surface area contributed by atoms with Crippen molar-refractivity contribution in [1.82, 2.24) is 5.32 Å². The molecule has 0 spiro atoms. The molecule has 0 aromatic heterocycles. The number of ether oxygens (including phenoxy) is 1. The summed E-state index contributed by atoms with van der Waals surface area (Å²) >= 11 is 6.07. The molecular weight excluding hydrogens is 238 g/mol. The summed E-state index contributed by atoms with van der Waals surface area (Å²) in [4.78, 5) is 0. The fourth-order valence-corrected chi connectivity index (χ4v) is 2.26. The normalized spacial score (nSPS) is 19.2. The molecule has 4 heteroatoms. The molecule has 1 aromatic carbocycles. The molecule has 0 aliphatic carbocycles. The lowest BCUT2D eigenvalue weighted by molar-refractivity contribution is 0.0445. The molecule has 3 nitrogen and oxygen atoms in total. The zero-order chi connectivity index (χ0) is 12.3. The van der Waals surface area contributed by atoms with Gasteiger partial charge in [-0.25, -0.2) is 0 Å². The van der Waals surface area contributed by atoms with Crippen molar-refractivity contribution in [3.8, 4) is 5.75 Å². The van der Waals surface area contributed by atoms with Crippen LogP contribution < -0.4 is 5.32 Å². The van der Waals surface area contributed by atoms with Gasteiger partial charge in [0.05, 0.1) is 0 Å². The van der Waals surface area contributed by atoms with Gasteiger partial charge in [-0.15, -0.1) is 0 Å². The Labute approximate surface area is 107 Å². The maximum Gasteiger partial charge on any atom is 0.121 e. The van der Waals surface area contributed by atoms with Crippen LogP contribution in [0, 0.1) is 0 Å². The fraction of sp³-hybridized carbons (Fsp3) is 0.538. The zero-order valence-electron chi connectivity index (χ0n) is 10.0. The Kier molecular flexibility index (Phi) is 3.92. The molecule has 1 heterocycles. The van der Waals surface area contributed by atoms with Gasteiger partial charge in [-0.1, -0.05) is 17.7 Å². The summed E-state index contributed by atoms with van der Waals surface area (Å²) in [7, 11) is 0. The van der Waals surface area contributed by atoms with E-state index in [1.165, 1.54) is 0 Å². The van der Waals surface area contributed by atoms with Crippen LogP contribution in [-0.2, 0) is 11.3 Å². The average Bonchev–Trinajstić information content (AvgIpc) is 2.29. The molecule has 1 fully saturated rings. The standard InChI is InChI=1S/C13H18ClNO2/c1-13(5-7-17-8-6-13)15-9-10-11(14)3-2-4-12(10)16/h2-4,15-16H,5-9H2,1H3. The molecule has 0 radical (unpaired) electrons. The van der Waals surface area contributed by atoms with Crippen LogP contribution in [0.2, 0.25) is 5.02 Å². The summed E-state index contributed by atoms with van der Waals surface area (Å²) in [5.74, 6) is 0.251. The van der Waals surface area contributed by atoms with Crippen LogP contribution in [0.3, 0.4) is 0 Å². The van der Waals surface area contributed by atoms with E-state index in [-0.39, 0.29) is 11.3 Å². The SMILES string of the molecule is CC1(NCc2c(O)cccc2Cl)CCOCC1. The topological polar surface area (TPSA) is 41.5 Å². The molecule has 0 saturated carbocycles. The number of phenols is 1. The van der Waals surface area contributed by atoms with E-state index in [0.29, 0.717) is 11.6 Å². The summed E-state index contributed by atoms with van der Waals surface area (Å²) in [6.45, 7) is 4.35. The van der Waals surface area contributed by atoms with Crippen LogP contribution in [0.4, 0.5) is 0 Å². The highest BCUT2D eigenvalue weighted by Crippen LogP contribution is 2.27. The van der Waals surface area contributed by atoms with Crippen LogP contribution in [0.1, 0.15) is 25.3 Å². The number of halogens is 1. The summed E-state index contributed by atoms with van der Waals surface area (Å²) in [5, 5.41) is 13.8. The first kappa shape index (κ1) is 12.7. The second-order valence-electron chi connectivity index (χ2n) is 4.76. The molecule has 2 rings (SSSR count). The minimum atomic E-state index is 0.0733. The van der Waals surface area contributed by atoms with Crippen molar-refractivity contribution in [3.05, 3.63) is 28.8 Å². The largest absolute Gasteiger partial charge is 0.508 e. The second kappa shape index (κ2) is 5.25. The minimum absolute atomic E-state index is 0.0733. The van der Waals surface area contributed by atoms with E-state index < -0.39 is 0 Å². The molecule has 1 saturated heterocycles. The Balaban J connectivity index is 2.02. The average molecular weight is 256 g/mol. The molecule has 0 atom stereocenters. The maximum atomic E-state index is 9.76. The van der Waals surface area contributed by atoms with Crippen molar-refractivity contribution in [3.63, 3.8) is 0 Å². The first-order valence-electron chi connectivity index (χ1n) is 5.90. The second-order valence-corrected chi connectivity index (χ2v) is 5.17. The van der Waals surface area contributed by atoms with Crippen molar-refractivity contribution in [2.24, 2.45) is 0 Å². The summed E-state index contributed by atoms with van der Waals surface area (Å²) in [6, 6.07) is 5.21. The van der Waals surface area contributed by atoms with E-state index >= 15 is 0 Å². The van der Waals surface area contributed by atoms with Gasteiger partial charge in [0.25, 0.3) is 0 Å². The highest BCUT2D eigenvalue weighted by Gasteiger charge is 2.26. The van der Waals surface area contributed by atoms with Gasteiger partial charge >= 0.3 is 0 Å². The van der Waals surface area contributed by atoms with Crippen LogP contribution in [0.25, 0.3) is 0 Å². The van der Waals surface area contributed by atoms with Crippen molar-refractivity contribution in [2.45, 2.75) is 31.8 Å². The molecule has 0 amide bonds. The number of phenolic OH excluding ortho intramolecular Hbond substituents is 1. The Hall–Kier alpha value is -0.770. The lowest BCUT2D eigenvalue weighted by Gasteiger charge is -2.34. The molecule has 1 aliphatic heterocycles. The van der Waals surface area contributed by atoms with E-state index in [1.807, 2.05) is 0 Å². The highest BCUT2D eigenvalue weighted by atomic mass is 35.5. The number of hydrogen-bond donors (Lipinski definition) is 2. The number of rotatable bonds is 3. The summed E-state index contributed by atoms with van der Waals surface area (Å²) in [6.07, 6.45) is 1.97. The van der Waals surface area contributed by atoms with Gasteiger partial charge in [0, 0.05) is 35.9 Å². The monoisotopic (exact) mass is 255 g/mol. The van der Waals surface area contributed by atoms with Gasteiger partial charge in [-0.05, 0) is 31.9 Å². The Bertz CT molecular complexity index is 369. The molecule has 94 valence electrons. The Morgan fingerprint density at radius 2 is 2.12 bits per heavy atom. The third kappa shape index (κ3) is 3.12. The van der Waals surface area contributed by atoms with Crippen molar-refractivity contribution >= 4 is 11.6 Å². The van der Waals surface area contributed by atoms with Crippen LogP contribution in [0.5, 0.6) is 5.75 Å². The maximum absolute atomic E-state index is 9.76. The first-order chi connectivity index (χ1) is 8.11. The number of aromatic hydroxyl groups is 1. The van der Waals surface area contributed by atoms with E-state index in [2.05, 4.69) is 12.2 Å². The first-order valence-corrected chi connectivity index (χ1v) is 6.28. The van der Waals surface area contributed by atoms with E-state index in [1.54, 1.807) is 18.2 Å². The molecule has 17 heavy (non-hydrogen) atoms. The van der Waals surface area contributed by atoms with E-state index in [0.717, 1.165) is 31.6 Å². The van der Waals surface area contributed by atoms with Crippen molar-refractivity contribution in [2.75, 3.05) is 13.2 Å². The van der Waals surface area contributed by atoms with Gasteiger partial charge < -0.3 is 15.2 Å². The van der Waals surface area contributed by atoms with Crippen LogP contribution >= 0.6 is 11.6 Å². The van der Waals surface area contributed by atoms with E-state index in [9.17, 15) is 5.11 Å². The summed E-state index contributed by atoms with van der Waals surface area (Å²) < 4.78 is 5.35. The smallest absolute Gasteiger partial charge is 0.121 e. The molecular formula is C13H18ClNO2. The van der Waals surface area contributed by atoms with Crippen LogP contribution in [0.15, 0.2) is 18.2 Å². The van der Waals surface area contributed by atoms with Gasteiger partial charge in [0.1, 0.15) is 5.75 Å². The fourth-order valence-electron chi connectivity index (χ4n) is 2.02. The third-order valence-corrected chi connectivity index (χ3v) is 3.74. The number of hydrogen-bond acceptors (Lipinski definition) is 3. The van der Waals surface area contributed by atoms with E-state index in [4.69, 9.17) is 16.3 Å². The molecule has 1 aromatic rings. The Morgan fingerprint density at radius 1 is 1.41 bits per heavy atom. The zero-order valence-corrected chi connectivity index (χ0v) is 10.8. The third-order valence-electron chi connectivity index (χ3n) is 3.38. The Morgan fingerprint density at radius 3 is 2.76 bits per heavy atom. The van der Waals surface area contributed by atoms with Crippen molar-refractivity contribution in [1.29, 1.82) is 0 Å². The lowest BCUT2D eigenvalue weighted by atomic mass is 9.92.